The quantitative estimate of drug-likeness (QED) is 0.836. The Labute approximate surface area is 113 Å². The Morgan fingerprint density at radius 3 is 2.74 bits per heavy atom. The van der Waals surface area contributed by atoms with Crippen LogP contribution >= 0.6 is 0 Å². The Hall–Kier alpha value is -1.44. The van der Waals surface area contributed by atoms with Crippen LogP contribution in [-0.2, 0) is 11.3 Å². The molecule has 19 heavy (non-hydrogen) atoms. The number of methoxy groups -OCH3 is 1. The summed E-state index contributed by atoms with van der Waals surface area (Å²) in [6, 6.07) is 6.55. The lowest BCUT2D eigenvalue weighted by molar-refractivity contribution is 0.0968. The van der Waals surface area contributed by atoms with Crippen molar-refractivity contribution >= 4 is 0 Å². The summed E-state index contributed by atoms with van der Waals surface area (Å²) in [4.78, 5) is 2.31. The highest BCUT2D eigenvalue weighted by Crippen LogP contribution is 2.20. The summed E-state index contributed by atoms with van der Waals surface area (Å²) >= 11 is 0. The van der Waals surface area contributed by atoms with Gasteiger partial charge < -0.3 is 4.74 Å². The molecule has 0 aliphatic carbocycles. The number of halogens is 1. The molecule has 3 nitrogen and oxygen atoms in total. The second-order valence-electron chi connectivity index (χ2n) is 5.13. The van der Waals surface area contributed by atoms with E-state index < -0.39 is 0 Å². The summed E-state index contributed by atoms with van der Waals surface area (Å²) in [6.45, 7) is 3.55. The molecule has 0 spiro atoms. The van der Waals surface area contributed by atoms with Crippen LogP contribution in [0.25, 0.3) is 0 Å². The molecule has 0 amide bonds. The molecule has 0 bridgehead atoms. The Bertz CT molecular complexity index is 462. The molecule has 1 aliphatic heterocycles. The normalized spacial score (nSPS) is 17.3. The Morgan fingerprint density at radius 1 is 1.37 bits per heavy atom. The van der Waals surface area contributed by atoms with Crippen LogP contribution in [-0.4, -0.2) is 31.7 Å². The zero-order valence-electron chi connectivity index (χ0n) is 11.2. The van der Waals surface area contributed by atoms with Crippen molar-refractivity contribution in [1.82, 2.24) is 4.90 Å². The lowest BCUT2D eigenvalue weighted by Gasteiger charge is -2.31. The molecular weight excluding hydrogens is 243 g/mol. The second kappa shape index (κ2) is 6.65. The van der Waals surface area contributed by atoms with Gasteiger partial charge in [0.05, 0.1) is 11.6 Å². The number of hydrogen-bond acceptors (Lipinski definition) is 3. The van der Waals surface area contributed by atoms with Crippen molar-refractivity contribution in [2.24, 2.45) is 5.92 Å². The van der Waals surface area contributed by atoms with Crippen molar-refractivity contribution < 1.29 is 9.13 Å². The summed E-state index contributed by atoms with van der Waals surface area (Å²) in [5.41, 5.74) is 1.27. The maximum absolute atomic E-state index is 13.3. The Balaban J connectivity index is 1.92. The van der Waals surface area contributed by atoms with Crippen LogP contribution < -0.4 is 0 Å². The van der Waals surface area contributed by atoms with E-state index in [0.29, 0.717) is 18.0 Å². The van der Waals surface area contributed by atoms with Crippen molar-refractivity contribution in [2.45, 2.75) is 19.4 Å². The van der Waals surface area contributed by atoms with Crippen LogP contribution in [0.15, 0.2) is 18.2 Å². The largest absolute Gasteiger partial charge is 0.384 e. The van der Waals surface area contributed by atoms with Crippen LogP contribution in [0.3, 0.4) is 0 Å². The van der Waals surface area contributed by atoms with Crippen molar-refractivity contribution in [2.75, 3.05) is 26.8 Å². The minimum absolute atomic E-state index is 0.330. The number of ether oxygens (including phenoxy) is 1. The van der Waals surface area contributed by atoms with E-state index in [1.54, 1.807) is 13.2 Å². The molecule has 1 aromatic carbocycles. The maximum atomic E-state index is 13.3. The third-order valence-electron chi connectivity index (χ3n) is 3.60. The fraction of sp³-hybridized carbons (Fsp3) is 0.533. The van der Waals surface area contributed by atoms with Gasteiger partial charge >= 0.3 is 0 Å². The average molecular weight is 262 g/mol. The maximum Gasteiger partial charge on any atom is 0.124 e. The summed E-state index contributed by atoms with van der Waals surface area (Å²) in [6.07, 6.45) is 2.24. The average Bonchev–Trinajstić information content (AvgIpc) is 2.40. The summed E-state index contributed by atoms with van der Waals surface area (Å²) < 4.78 is 18.5. The van der Waals surface area contributed by atoms with E-state index in [0.717, 1.165) is 38.1 Å². The van der Waals surface area contributed by atoms with Gasteiger partial charge in [0.15, 0.2) is 0 Å². The van der Waals surface area contributed by atoms with E-state index in [1.165, 1.54) is 12.1 Å². The number of hydrogen-bond donors (Lipinski definition) is 0. The van der Waals surface area contributed by atoms with E-state index in [1.807, 2.05) is 6.07 Å². The topological polar surface area (TPSA) is 36.3 Å². The molecule has 1 saturated heterocycles. The number of nitrogens with zero attached hydrogens (tertiary/aromatic N) is 2. The fourth-order valence-electron chi connectivity index (χ4n) is 2.61. The monoisotopic (exact) mass is 262 g/mol. The van der Waals surface area contributed by atoms with Gasteiger partial charge in [0.25, 0.3) is 0 Å². The van der Waals surface area contributed by atoms with Gasteiger partial charge in [-0.1, -0.05) is 0 Å². The molecule has 0 saturated carbocycles. The third-order valence-corrected chi connectivity index (χ3v) is 3.60. The summed E-state index contributed by atoms with van der Waals surface area (Å²) in [7, 11) is 1.74. The standard InChI is InChI=1S/C15H19FN2O/c1-19-11-12-2-4-18(5-3-12)10-14-6-13(9-17)7-15(16)8-14/h6-8,12H,2-5,10-11H2,1H3. The number of piperidine rings is 1. The van der Waals surface area contributed by atoms with E-state index >= 15 is 0 Å². The molecule has 0 unspecified atom stereocenters. The van der Waals surface area contributed by atoms with Crippen molar-refractivity contribution in [1.29, 1.82) is 5.26 Å². The lowest BCUT2D eigenvalue weighted by atomic mass is 9.97. The van der Waals surface area contributed by atoms with Crippen molar-refractivity contribution in [3.63, 3.8) is 0 Å². The molecular formula is C15H19FN2O. The van der Waals surface area contributed by atoms with Gasteiger partial charge in [-0.05, 0) is 55.6 Å². The molecule has 0 radical (unpaired) electrons. The van der Waals surface area contributed by atoms with Crippen LogP contribution in [0.5, 0.6) is 0 Å². The molecule has 1 aromatic rings. The molecule has 0 N–H and O–H groups in total. The highest BCUT2D eigenvalue weighted by atomic mass is 19.1. The van der Waals surface area contributed by atoms with Gasteiger partial charge in [-0.2, -0.15) is 5.26 Å². The van der Waals surface area contributed by atoms with Gasteiger partial charge in [-0.3, -0.25) is 4.90 Å². The Kier molecular flexibility index (Phi) is 4.89. The molecule has 1 aliphatic rings. The molecule has 1 heterocycles. The SMILES string of the molecule is COCC1CCN(Cc2cc(F)cc(C#N)c2)CC1. The fourth-order valence-corrected chi connectivity index (χ4v) is 2.61. The van der Waals surface area contributed by atoms with Gasteiger partial charge in [-0.15, -0.1) is 0 Å². The van der Waals surface area contributed by atoms with E-state index in [4.69, 9.17) is 10.00 Å². The number of likely N-dealkylation sites (tertiary alicyclic amines) is 1. The summed E-state index contributed by atoms with van der Waals surface area (Å²) in [5, 5.41) is 8.84. The summed E-state index contributed by atoms with van der Waals surface area (Å²) in [5.74, 6) is 0.312. The Morgan fingerprint density at radius 2 is 2.11 bits per heavy atom. The van der Waals surface area contributed by atoms with Crippen LogP contribution in [0.1, 0.15) is 24.0 Å². The predicted octanol–water partition coefficient (Wildman–Crippen LogP) is 2.56. The van der Waals surface area contributed by atoms with Crippen molar-refractivity contribution in [3.8, 4) is 6.07 Å². The zero-order chi connectivity index (χ0) is 13.7. The van der Waals surface area contributed by atoms with E-state index in [2.05, 4.69) is 4.90 Å². The third kappa shape index (κ3) is 4.02. The highest BCUT2D eigenvalue weighted by molar-refractivity contribution is 5.33. The number of benzene rings is 1. The first-order chi connectivity index (χ1) is 9.21. The molecule has 1 fully saturated rings. The first-order valence-electron chi connectivity index (χ1n) is 6.62. The minimum atomic E-state index is -0.330. The van der Waals surface area contributed by atoms with Gasteiger partial charge in [0, 0.05) is 20.3 Å². The van der Waals surface area contributed by atoms with Crippen LogP contribution in [0, 0.1) is 23.1 Å². The minimum Gasteiger partial charge on any atom is -0.384 e. The first-order valence-corrected chi connectivity index (χ1v) is 6.62. The molecule has 0 atom stereocenters. The smallest absolute Gasteiger partial charge is 0.124 e. The molecule has 4 heteroatoms. The predicted molar refractivity (Wildman–Crippen MR) is 71.0 cm³/mol. The lowest BCUT2D eigenvalue weighted by Crippen LogP contribution is -2.34. The number of nitriles is 1. The second-order valence-corrected chi connectivity index (χ2v) is 5.13. The van der Waals surface area contributed by atoms with Crippen molar-refractivity contribution in [3.05, 3.63) is 35.1 Å². The van der Waals surface area contributed by atoms with E-state index in [9.17, 15) is 4.39 Å². The van der Waals surface area contributed by atoms with Gasteiger partial charge in [0.1, 0.15) is 5.82 Å². The molecule has 2 rings (SSSR count). The number of rotatable bonds is 4. The molecule has 0 aromatic heterocycles. The zero-order valence-corrected chi connectivity index (χ0v) is 11.2. The van der Waals surface area contributed by atoms with Crippen LogP contribution in [0.4, 0.5) is 4.39 Å². The van der Waals surface area contributed by atoms with E-state index in [-0.39, 0.29) is 5.82 Å². The first kappa shape index (κ1) is 14.0. The van der Waals surface area contributed by atoms with Crippen LogP contribution in [0.2, 0.25) is 0 Å². The van der Waals surface area contributed by atoms with Gasteiger partial charge in [0.2, 0.25) is 0 Å². The van der Waals surface area contributed by atoms with Gasteiger partial charge in [-0.25, -0.2) is 4.39 Å². The molecule has 102 valence electrons. The highest BCUT2D eigenvalue weighted by Gasteiger charge is 2.19.